The fraction of sp³-hybridized carbons (Fsp3) is 0.423. The molecule has 2 heterocycles. The lowest BCUT2D eigenvalue weighted by molar-refractivity contribution is -0.154. The number of nitrogens with zero attached hydrogens (tertiary/aromatic N) is 1. The van der Waals surface area contributed by atoms with E-state index in [4.69, 9.17) is 4.74 Å². The number of carbonyl (C=O) groups is 3. The number of rotatable bonds is 8. The van der Waals surface area contributed by atoms with Gasteiger partial charge in [-0.3, -0.25) is 24.6 Å². The number of methoxy groups -OCH3 is 1. The summed E-state index contributed by atoms with van der Waals surface area (Å²) in [6, 6.07) is 17.2. The van der Waals surface area contributed by atoms with Gasteiger partial charge < -0.3 is 4.74 Å². The molecule has 33 heavy (non-hydrogen) atoms. The predicted molar refractivity (Wildman–Crippen MR) is 128 cm³/mol. The Labute approximate surface area is 199 Å². The van der Waals surface area contributed by atoms with Crippen molar-refractivity contribution in [3.63, 3.8) is 0 Å². The van der Waals surface area contributed by atoms with Gasteiger partial charge in [-0.15, -0.1) is 11.8 Å². The summed E-state index contributed by atoms with van der Waals surface area (Å²) in [5.74, 6) is -1.50. The molecule has 0 unspecified atom stereocenters. The maximum atomic E-state index is 13.5. The summed E-state index contributed by atoms with van der Waals surface area (Å²) in [5, 5.41) is 3.44. The molecular formula is C26H30N2O4S. The Morgan fingerprint density at radius 3 is 2.36 bits per heavy atom. The Bertz CT molecular complexity index is 1030. The van der Waals surface area contributed by atoms with E-state index >= 15 is 0 Å². The maximum Gasteiger partial charge on any atom is 0.327 e. The number of fused-ring (bicyclic) bond motifs is 1. The summed E-state index contributed by atoms with van der Waals surface area (Å²) in [6.07, 6.45) is 1.35. The van der Waals surface area contributed by atoms with E-state index in [-0.39, 0.29) is 24.8 Å². The predicted octanol–water partition coefficient (Wildman–Crippen LogP) is 3.61. The highest BCUT2D eigenvalue weighted by Gasteiger charge is 2.68. The number of imide groups is 1. The van der Waals surface area contributed by atoms with Crippen LogP contribution in [0.2, 0.25) is 0 Å². The Balaban J connectivity index is 1.78. The first-order chi connectivity index (χ1) is 16.0. The highest BCUT2D eigenvalue weighted by molar-refractivity contribution is 7.99. The fourth-order valence-electron chi connectivity index (χ4n) is 5.17. The molecule has 174 valence electrons. The molecule has 7 heteroatoms. The standard InChI is InChI=1S/C26H30N2O4S/c1-4-15-33-19-13-11-18(12-14-19)22-20-21(24(30)28(5-2)23(20)29)26(27-22,25(31)32-3)16-17-9-7-6-8-10-17/h6-14,20-22,27H,4-5,15-16H2,1-3H3/t20-,21-,22-,26-/m1/s1. The number of likely N-dealkylation sites (tertiary alicyclic amines) is 1. The lowest BCUT2D eigenvalue weighted by atomic mass is 9.76. The number of esters is 1. The second-order valence-electron chi connectivity index (χ2n) is 8.59. The highest BCUT2D eigenvalue weighted by Crippen LogP contribution is 2.50. The minimum absolute atomic E-state index is 0.228. The van der Waals surface area contributed by atoms with Crippen molar-refractivity contribution in [1.29, 1.82) is 0 Å². The van der Waals surface area contributed by atoms with Crippen molar-refractivity contribution >= 4 is 29.5 Å². The number of thioether (sulfide) groups is 1. The molecule has 2 fully saturated rings. The lowest BCUT2D eigenvalue weighted by Gasteiger charge is -2.32. The maximum absolute atomic E-state index is 13.5. The second kappa shape index (κ2) is 9.69. The SMILES string of the molecule is CCCSc1ccc([C@H]2N[C@@](Cc3ccccc3)(C(=O)OC)[C@H]3C(=O)N(CC)C(=O)[C@@H]23)cc1. The number of carbonyl (C=O) groups excluding carboxylic acids is 3. The van der Waals surface area contributed by atoms with Gasteiger partial charge in [-0.25, -0.2) is 0 Å². The van der Waals surface area contributed by atoms with Crippen LogP contribution in [0.4, 0.5) is 0 Å². The molecule has 0 spiro atoms. The van der Waals surface area contributed by atoms with Gasteiger partial charge in [0.15, 0.2) is 0 Å². The number of amides is 2. The fourth-order valence-corrected chi connectivity index (χ4v) is 5.94. The monoisotopic (exact) mass is 466 g/mol. The Morgan fingerprint density at radius 1 is 1.06 bits per heavy atom. The van der Waals surface area contributed by atoms with Gasteiger partial charge in [0.1, 0.15) is 5.54 Å². The van der Waals surface area contributed by atoms with E-state index < -0.39 is 29.4 Å². The van der Waals surface area contributed by atoms with Crippen LogP contribution in [0.1, 0.15) is 37.4 Å². The highest BCUT2D eigenvalue weighted by atomic mass is 32.2. The van der Waals surface area contributed by atoms with Gasteiger partial charge in [-0.2, -0.15) is 0 Å². The van der Waals surface area contributed by atoms with Crippen molar-refractivity contribution in [3.05, 3.63) is 65.7 Å². The van der Waals surface area contributed by atoms with Crippen molar-refractivity contribution in [3.8, 4) is 0 Å². The quantitative estimate of drug-likeness (QED) is 0.364. The minimum atomic E-state index is -1.32. The third kappa shape index (κ3) is 4.08. The summed E-state index contributed by atoms with van der Waals surface area (Å²) < 4.78 is 5.23. The number of hydrogen-bond acceptors (Lipinski definition) is 6. The first-order valence-corrected chi connectivity index (χ1v) is 12.4. The Kier molecular flexibility index (Phi) is 6.91. The zero-order chi connectivity index (χ0) is 23.6. The topological polar surface area (TPSA) is 75.7 Å². The number of nitrogens with one attached hydrogen (secondary N) is 1. The van der Waals surface area contributed by atoms with Crippen LogP contribution in [0.3, 0.4) is 0 Å². The summed E-state index contributed by atoms with van der Waals surface area (Å²) in [4.78, 5) is 42.6. The van der Waals surface area contributed by atoms with Crippen molar-refractivity contribution in [2.24, 2.45) is 11.8 Å². The molecule has 4 atom stereocenters. The lowest BCUT2D eigenvalue weighted by Crippen LogP contribution is -2.57. The molecule has 0 saturated carbocycles. The number of ether oxygens (including phenoxy) is 1. The van der Waals surface area contributed by atoms with Crippen molar-refractivity contribution in [2.45, 2.75) is 43.2 Å². The third-order valence-corrected chi connectivity index (χ3v) is 7.87. The van der Waals surface area contributed by atoms with Crippen LogP contribution in [0, 0.1) is 11.8 Å². The van der Waals surface area contributed by atoms with Crippen LogP contribution in [-0.4, -0.2) is 47.6 Å². The summed E-state index contributed by atoms with van der Waals surface area (Å²) >= 11 is 1.78. The van der Waals surface area contributed by atoms with Crippen LogP contribution < -0.4 is 5.32 Å². The molecule has 1 N–H and O–H groups in total. The third-order valence-electron chi connectivity index (χ3n) is 6.65. The van der Waals surface area contributed by atoms with Gasteiger partial charge >= 0.3 is 5.97 Å². The zero-order valence-electron chi connectivity index (χ0n) is 19.2. The zero-order valence-corrected chi connectivity index (χ0v) is 20.1. The molecule has 6 nitrogen and oxygen atoms in total. The largest absolute Gasteiger partial charge is 0.468 e. The van der Waals surface area contributed by atoms with Crippen molar-refractivity contribution in [2.75, 3.05) is 19.4 Å². The average Bonchev–Trinajstić information content (AvgIpc) is 3.31. The van der Waals surface area contributed by atoms with E-state index in [1.54, 1.807) is 18.7 Å². The molecule has 2 aliphatic rings. The molecule has 0 bridgehead atoms. The molecule has 0 aliphatic carbocycles. The van der Waals surface area contributed by atoms with Gasteiger partial charge in [0.25, 0.3) is 0 Å². The molecule has 2 aromatic rings. The van der Waals surface area contributed by atoms with Crippen LogP contribution in [0.5, 0.6) is 0 Å². The van der Waals surface area contributed by atoms with Gasteiger partial charge in [-0.05, 0) is 42.4 Å². The minimum Gasteiger partial charge on any atom is -0.468 e. The molecule has 2 aromatic carbocycles. The smallest absolute Gasteiger partial charge is 0.327 e. The van der Waals surface area contributed by atoms with E-state index in [0.29, 0.717) is 0 Å². The van der Waals surface area contributed by atoms with E-state index in [9.17, 15) is 14.4 Å². The van der Waals surface area contributed by atoms with Crippen molar-refractivity contribution < 1.29 is 19.1 Å². The van der Waals surface area contributed by atoms with E-state index in [1.165, 1.54) is 12.0 Å². The molecule has 2 amide bonds. The van der Waals surface area contributed by atoms with Crippen LogP contribution in [-0.2, 0) is 25.5 Å². The van der Waals surface area contributed by atoms with Crippen LogP contribution in [0.15, 0.2) is 59.5 Å². The van der Waals surface area contributed by atoms with Gasteiger partial charge in [0.05, 0.1) is 18.9 Å². The van der Waals surface area contributed by atoms with E-state index in [0.717, 1.165) is 28.2 Å². The van der Waals surface area contributed by atoms with Crippen LogP contribution in [0.25, 0.3) is 0 Å². The first-order valence-electron chi connectivity index (χ1n) is 11.4. The Morgan fingerprint density at radius 2 is 1.76 bits per heavy atom. The van der Waals surface area contributed by atoms with E-state index in [2.05, 4.69) is 12.2 Å². The first kappa shape index (κ1) is 23.5. The molecule has 2 aliphatic heterocycles. The van der Waals surface area contributed by atoms with Gasteiger partial charge in [-0.1, -0.05) is 49.4 Å². The molecule has 0 radical (unpaired) electrons. The number of hydrogen-bond donors (Lipinski definition) is 1. The molecular weight excluding hydrogens is 436 g/mol. The van der Waals surface area contributed by atoms with Gasteiger partial charge in [0, 0.05) is 23.9 Å². The number of benzene rings is 2. The summed E-state index contributed by atoms with van der Waals surface area (Å²) in [6.45, 7) is 4.22. The molecule has 4 rings (SSSR count). The second-order valence-corrected chi connectivity index (χ2v) is 9.76. The normalized spacial score (nSPS) is 26.5. The average molecular weight is 467 g/mol. The summed E-state index contributed by atoms with van der Waals surface area (Å²) in [5.41, 5.74) is 0.470. The molecule has 2 saturated heterocycles. The van der Waals surface area contributed by atoms with Crippen LogP contribution >= 0.6 is 11.8 Å². The van der Waals surface area contributed by atoms with Gasteiger partial charge in [0.2, 0.25) is 11.8 Å². The van der Waals surface area contributed by atoms with E-state index in [1.807, 2.05) is 54.6 Å². The Hall–Kier alpha value is -2.64. The molecule has 0 aromatic heterocycles. The van der Waals surface area contributed by atoms with Crippen molar-refractivity contribution in [1.82, 2.24) is 10.2 Å². The summed E-state index contributed by atoms with van der Waals surface area (Å²) in [7, 11) is 1.33.